The molecule has 0 amide bonds. The summed E-state index contributed by atoms with van der Waals surface area (Å²) < 4.78 is 48.3. The first-order valence-electron chi connectivity index (χ1n) is 11.1. The highest BCUT2D eigenvalue weighted by molar-refractivity contribution is 7.80. The van der Waals surface area contributed by atoms with E-state index in [0.29, 0.717) is 18.3 Å². The number of nitrogens with one attached hydrogen (secondary N) is 1. The van der Waals surface area contributed by atoms with E-state index in [1.165, 1.54) is 12.1 Å². The lowest BCUT2D eigenvalue weighted by molar-refractivity contribution is -0.137. The first-order chi connectivity index (χ1) is 16.2. The van der Waals surface area contributed by atoms with Crippen molar-refractivity contribution in [3.05, 3.63) is 82.9 Å². The van der Waals surface area contributed by atoms with Crippen molar-refractivity contribution in [3.8, 4) is 5.69 Å². The molecule has 0 aliphatic carbocycles. The molecule has 2 aromatic heterocycles. The maximum absolute atomic E-state index is 13.8. The minimum atomic E-state index is -4.46. The summed E-state index contributed by atoms with van der Waals surface area (Å²) in [6, 6.07) is 12.9. The fourth-order valence-corrected chi connectivity index (χ4v) is 5.06. The van der Waals surface area contributed by atoms with Gasteiger partial charge in [-0.2, -0.15) is 13.2 Å². The van der Waals surface area contributed by atoms with Gasteiger partial charge in [0.25, 0.3) is 0 Å². The van der Waals surface area contributed by atoms with Crippen molar-refractivity contribution in [2.45, 2.75) is 38.5 Å². The number of thiocarbonyl (C=S) groups is 1. The van der Waals surface area contributed by atoms with E-state index in [0.717, 1.165) is 35.1 Å². The number of aromatic nitrogens is 2. The summed E-state index contributed by atoms with van der Waals surface area (Å²) in [5.74, 6) is 0. The van der Waals surface area contributed by atoms with E-state index >= 15 is 0 Å². The van der Waals surface area contributed by atoms with E-state index in [-0.39, 0.29) is 17.8 Å². The number of ether oxygens (including phenoxy) is 1. The van der Waals surface area contributed by atoms with Crippen LogP contribution in [0.25, 0.3) is 5.69 Å². The molecule has 1 aromatic carbocycles. The van der Waals surface area contributed by atoms with Crippen LogP contribution in [0.4, 0.5) is 13.2 Å². The van der Waals surface area contributed by atoms with E-state index in [1.54, 1.807) is 23.9 Å². The van der Waals surface area contributed by atoms with E-state index in [1.807, 2.05) is 38.1 Å². The molecule has 1 aliphatic heterocycles. The molecule has 3 heterocycles. The molecule has 1 N–H and O–H groups in total. The Balaban J connectivity index is 1.83. The van der Waals surface area contributed by atoms with Gasteiger partial charge in [-0.15, -0.1) is 0 Å². The topological polar surface area (TPSA) is 42.3 Å². The monoisotopic (exact) mass is 488 g/mol. The Labute approximate surface area is 202 Å². The van der Waals surface area contributed by atoms with Crippen molar-refractivity contribution >= 4 is 17.3 Å². The van der Waals surface area contributed by atoms with E-state index in [9.17, 15) is 13.2 Å². The predicted molar refractivity (Wildman–Crippen MR) is 129 cm³/mol. The van der Waals surface area contributed by atoms with Gasteiger partial charge in [-0.1, -0.05) is 18.2 Å². The second kappa shape index (κ2) is 9.76. The molecule has 180 valence electrons. The highest BCUT2D eigenvalue weighted by atomic mass is 32.1. The summed E-state index contributed by atoms with van der Waals surface area (Å²) in [5, 5.41) is 3.99. The quantitative estimate of drug-likeness (QED) is 0.351. The van der Waals surface area contributed by atoms with Crippen molar-refractivity contribution in [1.29, 1.82) is 0 Å². The Bertz CT molecular complexity index is 1160. The number of benzene rings is 1. The number of para-hydroxylation sites is 1. The summed E-state index contributed by atoms with van der Waals surface area (Å²) in [4.78, 5) is 6.63. The molecule has 9 heteroatoms. The summed E-state index contributed by atoms with van der Waals surface area (Å²) in [5.41, 5.74) is 2.65. The minimum absolute atomic E-state index is 0.116. The molecule has 0 unspecified atom stereocenters. The van der Waals surface area contributed by atoms with Crippen LogP contribution in [0, 0.1) is 13.8 Å². The smallest absolute Gasteiger partial charge is 0.385 e. The van der Waals surface area contributed by atoms with Gasteiger partial charge in [0.2, 0.25) is 0 Å². The highest BCUT2D eigenvalue weighted by Crippen LogP contribution is 2.42. The van der Waals surface area contributed by atoms with Gasteiger partial charge in [0.05, 0.1) is 29.0 Å². The van der Waals surface area contributed by atoms with Gasteiger partial charge in [-0.25, -0.2) is 0 Å². The first-order valence-corrected chi connectivity index (χ1v) is 11.5. The number of rotatable bonds is 7. The van der Waals surface area contributed by atoms with Gasteiger partial charge in [0.1, 0.15) is 0 Å². The lowest BCUT2D eigenvalue weighted by Crippen LogP contribution is -2.31. The van der Waals surface area contributed by atoms with Gasteiger partial charge in [-0.3, -0.25) is 4.98 Å². The molecule has 0 saturated carbocycles. The van der Waals surface area contributed by atoms with Crippen LogP contribution in [0.1, 0.15) is 46.7 Å². The van der Waals surface area contributed by atoms with Crippen LogP contribution in [0.3, 0.4) is 0 Å². The van der Waals surface area contributed by atoms with E-state index in [4.69, 9.17) is 17.0 Å². The van der Waals surface area contributed by atoms with Crippen LogP contribution in [0.2, 0.25) is 0 Å². The number of alkyl halides is 3. The number of nitrogens with zero attached hydrogens (tertiary/aromatic N) is 3. The van der Waals surface area contributed by atoms with Gasteiger partial charge < -0.3 is 19.5 Å². The second-order valence-electron chi connectivity index (χ2n) is 8.34. The van der Waals surface area contributed by atoms with Gasteiger partial charge in [0, 0.05) is 37.8 Å². The maximum atomic E-state index is 13.8. The molecule has 2 atom stereocenters. The van der Waals surface area contributed by atoms with Crippen LogP contribution in [0.15, 0.2) is 54.7 Å². The molecule has 3 aromatic rings. The molecular formula is C25H27F3N4OS. The Morgan fingerprint density at radius 3 is 2.53 bits per heavy atom. The Morgan fingerprint density at radius 1 is 1.12 bits per heavy atom. The van der Waals surface area contributed by atoms with Crippen molar-refractivity contribution in [2.75, 3.05) is 20.3 Å². The molecule has 1 saturated heterocycles. The van der Waals surface area contributed by atoms with Crippen LogP contribution in [0.5, 0.6) is 0 Å². The fraction of sp³-hybridized carbons (Fsp3) is 0.360. The highest BCUT2D eigenvalue weighted by Gasteiger charge is 2.41. The largest absolute Gasteiger partial charge is 0.418 e. The molecule has 0 radical (unpaired) electrons. The molecule has 34 heavy (non-hydrogen) atoms. The van der Waals surface area contributed by atoms with Crippen LogP contribution in [-0.2, 0) is 10.9 Å². The summed E-state index contributed by atoms with van der Waals surface area (Å²) in [7, 11) is 1.65. The van der Waals surface area contributed by atoms with Crippen molar-refractivity contribution < 1.29 is 17.9 Å². The lowest BCUT2D eigenvalue weighted by atomic mass is 9.96. The third-order valence-corrected chi connectivity index (χ3v) is 6.54. The minimum Gasteiger partial charge on any atom is -0.385 e. The number of halogens is 3. The normalized spacial score (nSPS) is 18.4. The second-order valence-corrected chi connectivity index (χ2v) is 8.73. The summed E-state index contributed by atoms with van der Waals surface area (Å²) in [6.45, 7) is 4.92. The predicted octanol–water partition coefficient (Wildman–Crippen LogP) is 5.52. The van der Waals surface area contributed by atoms with Crippen molar-refractivity contribution in [3.63, 3.8) is 0 Å². The molecular weight excluding hydrogens is 461 g/mol. The average Bonchev–Trinajstić information content (AvgIpc) is 3.29. The molecule has 0 bridgehead atoms. The third-order valence-electron chi connectivity index (χ3n) is 6.18. The number of hydrogen-bond acceptors (Lipinski definition) is 3. The zero-order valence-corrected chi connectivity index (χ0v) is 20.1. The Hall–Kier alpha value is -2.91. The fourth-order valence-electron chi connectivity index (χ4n) is 4.73. The summed E-state index contributed by atoms with van der Waals surface area (Å²) in [6.07, 6.45) is -1.97. The van der Waals surface area contributed by atoms with Crippen LogP contribution >= 0.6 is 12.2 Å². The van der Waals surface area contributed by atoms with Crippen molar-refractivity contribution in [2.24, 2.45) is 0 Å². The molecule has 1 fully saturated rings. The SMILES string of the molecule is COCCCN1C(=S)N[C@@H](c2ccccn2)[C@@H]1c1cc(C)n(-c2ccccc2C(F)(F)F)c1C. The standard InChI is InChI=1S/C25H27F3N4OS/c1-16-15-18(17(2)32(16)21-11-5-4-9-19(21)25(26,27)28)23-22(20-10-6-7-12-29-20)30-24(34)31(23)13-8-14-33-3/h4-7,9-12,15,22-23H,8,13-14H2,1-3H3,(H,30,34)/t22-,23-/m0/s1. The summed E-state index contributed by atoms with van der Waals surface area (Å²) >= 11 is 5.68. The van der Waals surface area contributed by atoms with Crippen molar-refractivity contribution in [1.82, 2.24) is 19.8 Å². The number of pyridine rings is 1. The Kier molecular flexibility index (Phi) is 6.95. The zero-order chi connectivity index (χ0) is 24.5. The molecule has 1 aliphatic rings. The maximum Gasteiger partial charge on any atom is 0.418 e. The molecule has 4 rings (SSSR count). The van der Waals surface area contributed by atoms with E-state index < -0.39 is 11.7 Å². The van der Waals surface area contributed by atoms with E-state index in [2.05, 4.69) is 15.2 Å². The number of aryl methyl sites for hydroxylation is 1. The van der Waals surface area contributed by atoms with Crippen LogP contribution < -0.4 is 5.32 Å². The van der Waals surface area contributed by atoms with Gasteiger partial charge in [0.15, 0.2) is 5.11 Å². The zero-order valence-electron chi connectivity index (χ0n) is 19.3. The number of hydrogen-bond donors (Lipinski definition) is 1. The first kappa shape index (κ1) is 24.2. The molecule has 0 spiro atoms. The lowest BCUT2D eigenvalue weighted by Gasteiger charge is -2.28. The van der Waals surface area contributed by atoms with Gasteiger partial charge in [-0.05, 0) is 68.4 Å². The third kappa shape index (κ3) is 4.54. The number of methoxy groups -OCH3 is 1. The van der Waals surface area contributed by atoms with Crippen LogP contribution in [-0.4, -0.2) is 39.8 Å². The molecule has 5 nitrogen and oxygen atoms in total. The average molecular weight is 489 g/mol. The van der Waals surface area contributed by atoms with Gasteiger partial charge >= 0.3 is 6.18 Å². The Morgan fingerprint density at radius 2 is 1.85 bits per heavy atom.